The Morgan fingerprint density at radius 2 is 1.83 bits per heavy atom. The summed E-state index contributed by atoms with van der Waals surface area (Å²) in [5.74, 6) is -0.0840. The highest BCUT2D eigenvalue weighted by Crippen LogP contribution is 2.29. The van der Waals surface area contributed by atoms with Crippen molar-refractivity contribution >= 4 is 21.4 Å². The zero-order valence-corrected chi connectivity index (χ0v) is 14.2. The van der Waals surface area contributed by atoms with Crippen molar-refractivity contribution in [2.75, 3.05) is 11.8 Å². The van der Waals surface area contributed by atoms with E-state index in [1.807, 2.05) is 12.1 Å². The van der Waals surface area contributed by atoms with Gasteiger partial charge >= 0.3 is 0 Å². The number of hydrogen-bond acceptors (Lipinski definition) is 5. The van der Waals surface area contributed by atoms with Gasteiger partial charge in [-0.1, -0.05) is 25.5 Å². The second-order valence-corrected chi connectivity index (χ2v) is 6.80. The third kappa shape index (κ3) is 4.02. The van der Waals surface area contributed by atoms with E-state index < -0.39 is 14.9 Å². The number of methoxy groups -OCH3 is 1. The van der Waals surface area contributed by atoms with Crippen LogP contribution in [0.25, 0.3) is 0 Å². The van der Waals surface area contributed by atoms with Gasteiger partial charge in [0, 0.05) is 11.8 Å². The lowest BCUT2D eigenvalue weighted by Crippen LogP contribution is -2.14. The van der Waals surface area contributed by atoms with Crippen LogP contribution in [-0.2, 0) is 16.4 Å². The number of sulfonamides is 1. The van der Waals surface area contributed by atoms with Crippen molar-refractivity contribution in [2.24, 2.45) is 0 Å². The summed E-state index contributed by atoms with van der Waals surface area (Å²) in [6.45, 7) is 2.07. The molecule has 2 aromatic rings. The van der Waals surface area contributed by atoms with E-state index in [0.29, 0.717) is 5.69 Å². The topological polar surface area (TPSA) is 98.5 Å². The minimum Gasteiger partial charge on any atom is -0.495 e. The maximum Gasteiger partial charge on any atom is 0.273 e. The Morgan fingerprint density at radius 3 is 2.38 bits per heavy atom. The predicted octanol–water partition coefficient (Wildman–Crippen LogP) is 3.36. The van der Waals surface area contributed by atoms with Gasteiger partial charge in [-0.05, 0) is 30.2 Å². The SMILES string of the molecule is CCCc1ccc(NS(=O)(=O)c2ccc([N+](=O)[O-])cc2OC)cc1. The Balaban J connectivity index is 2.31. The van der Waals surface area contributed by atoms with Crippen molar-refractivity contribution in [1.29, 1.82) is 0 Å². The largest absolute Gasteiger partial charge is 0.495 e. The van der Waals surface area contributed by atoms with E-state index >= 15 is 0 Å². The fraction of sp³-hybridized carbons (Fsp3) is 0.250. The van der Waals surface area contributed by atoms with Crippen LogP contribution in [0.1, 0.15) is 18.9 Å². The van der Waals surface area contributed by atoms with Gasteiger partial charge < -0.3 is 4.74 Å². The molecule has 0 aliphatic heterocycles. The van der Waals surface area contributed by atoms with Gasteiger partial charge in [0.2, 0.25) is 0 Å². The Bertz CT molecular complexity index is 832. The van der Waals surface area contributed by atoms with Crippen LogP contribution in [0.3, 0.4) is 0 Å². The first-order chi connectivity index (χ1) is 11.4. The van der Waals surface area contributed by atoms with E-state index in [4.69, 9.17) is 4.74 Å². The molecule has 0 saturated carbocycles. The molecule has 0 heterocycles. The smallest absolute Gasteiger partial charge is 0.273 e. The van der Waals surface area contributed by atoms with Gasteiger partial charge in [-0.2, -0.15) is 0 Å². The van der Waals surface area contributed by atoms with Gasteiger partial charge in [-0.3, -0.25) is 14.8 Å². The molecule has 0 bridgehead atoms. The molecule has 0 radical (unpaired) electrons. The third-order valence-electron chi connectivity index (χ3n) is 3.39. The van der Waals surface area contributed by atoms with Crippen molar-refractivity contribution in [1.82, 2.24) is 0 Å². The third-order valence-corrected chi connectivity index (χ3v) is 4.81. The molecule has 0 spiro atoms. The molecule has 0 aromatic heterocycles. The number of nitrogens with one attached hydrogen (secondary N) is 1. The number of nitro groups is 1. The molecule has 0 fully saturated rings. The quantitative estimate of drug-likeness (QED) is 0.610. The first-order valence-electron chi connectivity index (χ1n) is 7.31. The van der Waals surface area contributed by atoms with Gasteiger partial charge in [0.05, 0.1) is 18.1 Å². The van der Waals surface area contributed by atoms with E-state index in [1.54, 1.807) is 12.1 Å². The lowest BCUT2D eigenvalue weighted by atomic mass is 10.1. The van der Waals surface area contributed by atoms with E-state index in [1.165, 1.54) is 7.11 Å². The number of rotatable bonds is 7. The number of nitro benzene ring substituents is 1. The van der Waals surface area contributed by atoms with Gasteiger partial charge in [-0.25, -0.2) is 8.42 Å². The van der Waals surface area contributed by atoms with Crippen LogP contribution in [0.5, 0.6) is 5.75 Å². The molecule has 0 saturated heterocycles. The summed E-state index contributed by atoms with van der Waals surface area (Å²) in [4.78, 5) is 10.0. The average Bonchev–Trinajstić information content (AvgIpc) is 2.56. The fourth-order valence-electron chi connectivity index (χ4n) is 2.23. The zero-order valence-electron chi connectivity index (χ0n) is 13.4. The molecule has 0 amide bonds. The van der Waals surface area contributed by atoms with Crippen molar-refractivity contribution < 1.29 is 18.1 Å². The van der Waals surface area contributed by atoms with Crippen molar-refractivity contribution in [3.63, 3.8) is 0 Å². The Kier molecular flexibility index (Phi) is 5.40. The standard InChI is InChI=1S/C16H18N2O5S/c1-3-4-12-5-7-13(8-6-12)17-24(21,22)16-10-9-14(18(19)20)11-15(16)23-2/h5-11,17H,3-4H2,1-2H3. The fourth-order valence-corrected chi connectivity index (χ4v) is 3.44. The Labute approximate surface area is 140 Å². The van der Waals surface area contributed by atoms with Crippen molar-refractivity contribution in [3.05, 3.63) is 58.1 Å². The van der Waals surface area contributed by atoms with Gasteiger partial charge in [-0.15, -0.1) is 0 Å². The number of non-ortho nitro benzene ring substituents is 1. The first-order valence-corrected chi connectivity index (χ1v) is 8.80. The van der Waals surface area contributed by atoms with Crippen molar-refractivity contribution in [3.8, 4) is 5.75 Å². The summed E-state index contributed by atoms with van der Waals surface area (Å²) in [5.41, 5.74) is 1.29. The number of ether oxygens (including phenoxy) is 1. The lowest BCUT2D eigenvalue weighted by Gasteiger charge is -2.12. The Hall–Kier alpha value is -2.61. The molecular weight excluding hydrogens is 332 g/mol. The van der Waals surface area contributed by atoms with Crippen LogP contribution in [0.15, 0.2) is 47.4 Å². The minimum atomic E-state index is -3.92. The van der Waals surface area contributed by atoms with Crippen LogP contribution < -0.4 is 9.46 Å². The number of anilines is 1. The molecule has 128 valence electrons. The van der Waals surface area contributed by atoms with E-state index in [-0.39, 0.29) is 16.3 Å². The number of benzene rings is 2. The zero-order chi connectivity index (χ0) is 17.7. The summed E-state index contributed by atoms with van der Waals surface area (Å²) < 4.78 is 32.5. The molecule has 2 aromatic carbocycles. The highest BCUT2D eigenvalue weighted by Gasteiger charge is 2.22. The number of hydrogen-bond donors (Lipinski definition) is 1. The molecule has 0 atom stereocenters. The van der Waals surface area contributed by atoms with Gasteiger partial charge in [0.15, 0.2) is 0 Å². The van der Waals surface area contributed by atoms with Gasteiger partial charge in [0.25, 0.3) is 15.7 Å². The normalized spacial score (nSPS) is 11.1. The van der Waals surface area contributed by atoms with E-state index in [9.17, 15) is 18.5 Å². The van der Waals surface area contributed by atoms with Crippen molar-refractivity contribution in [2.45, 2.75) is 24.7 Å². The molecule has 24 heavy (non-hydrogen) atoms. The summed E-state index contributed by atoms with van der Waals surface area (Å²) in [7, 11) is -2.66. The predicted molar refractivity (Wildman–Crippen MR) is 90.9 cm³/mol. The van der Waals surface area contributed by atoms with E-state index in [2.05, 4.69) is 11.6 Å². The second kappa shape index (κ2) is 7.31. The number of aryl methyl sites for hydroxylation is 1. The Morgan fingerprint density at radius 1 is 1.17 bits per heavy atom. The summed E-state index contributed by atoms with van der Waals surface area (Å²) in [5, 5.41) is 10.8. The molecule has 7 nitrogen and oxygen atoms in total. The minimum absolute atomic E-state index is 0.0840. The highest BCUT2D eigenvalue weighted by atomic mass is 32.2. The monoisotopic (exact) mass is 350 g/mol. The first kappa shape index (κ1) is 17.7. The molecule has 0 aliphatic rings. The molecule has 0 aliphatic carbocycles. The summed E-state index contributed by atoms with van der Waals surface area (Å²) in [6.07, 6.45) is 1.92. The lowest BCUT2D eigenvalue weighted by molar-refractivity contribution is -0.385. The van der Waals surface area contributed by atoms with Gasteiger partial charge in [0.1, 0.15) is 10.6 Å². The van der Waals surface area contributed by atoms with Crippen LogP contribution in [-0.4, -0.2) is 20.5 Å². The van der Waals surface area contributed by atoms with Crippen LogP contribution in [0, 0.1) is 10.1 Å². The van der Waals surface area contributed by atoms with Crippen LogP contribution in [0.4, 0.5) is 11.4 Å². The maximum absolute atomic E-state index is 12.5. The van der Waals surface area contributed by atoms with Crippen LogP contribution in [0.2, 0.25) is 0 Å². The maximum atomic E-state index is 12.5. The second-order valence-electron chi connectivity index (χ2n) is 5.14. The van der Waals surface area contributed by atoms with E-state index in [0.717, 1.165) is 36.6 Å². The van der Waals surface area contributed by atoms with Crippen LogP contribution >= 0.6 is 0 Å². The summed E-state index contributed by atoms with van der Waals surface area (Å²) in [6, 6.07) is 10.4. The molecule has 2 rings (SSSR count). The summed E-state index contributed by atoms with van der Waals surface area (Å²) >= 11 is 0. The highest BCUT2D eigenvalue weighted by molar-refractivity contribution is 7.92. The number of nitrogens with zero attached hydrogens (tertiary/aromatic N) is 1. The molecule has 1 N–H and O–H groups in total. The molecular formula is C16H18N2O5S. The molecule has 0 unspecified atom stereocenters. The average molecular weight is 350 g/mol. The molecule has 8 heteroatoms.